The first kappa shape index (κ1) is 12.0. The topological polar surface area (TPSA) is 29.3 Å². The van der Waals surface area contributed by atoms with E-state index in [1.54, 1.807) is 4.90 Å². The Balaban J connectivity index is 2.33. The zero-order chi connectivity index (χ0) is 12.4. The van der Waals surface area contributed by atoms with Gasteiger partial charge in [0.25, 0.3) is 0 Å². The van der Waals surface area contributed by atoms with E-state index < -0.39 is 11.6 Å². The Morgan fingerprint density at radius 2 is 1.94 bits per heavy atom. The first-order valence-corrected chi connectivity index (χ1v) is 5.70. The Kier molecular flexibility index (Phi) is 3.43. The number of rotatable bonds is 2. The molecule has 1 aromatic rings. The summed E-state index contributed by atoms with van der Waals surface area (Å²) in [5, 5.41) is 0. The zero-order valence-electron chi connectivity index (χ0n) is 9.84. The van der Waals surface area contributed by atoms with Gasteiger partial charge in [-0.15, -0.1) is 0 Å². The number of benzene rings is 1. The fourth-order valence-corrected chi connectivity index (χ4v) is 2.01. The van der Waals surface area contributed by atoms with Crippen LogP contribution in [0.25, 0.3) is 0 Å². The minimum Gasteiger partial charge on any atom is -0.363 e. The Hall–Kier alpha value is -1.42. The number of hydrogen-bond donors (Lipinski definition) is 1. The highest BCUT2D eigenvalue weighted by Gasteiger charge is 2.19. The first-order chi connectivity index (χ1) is 8.11. The van der Waals surface area contributed by atoms with Gasteiger partial charge < -0.3 is 10.6 Å². The van der Waals surface area contributed by atoms with Gasteiger partial charge in [0.05, 0.1) is 0 Å². The molecule has 0 aliphatic carbocycles. The third-order valence-electron chi connectivity index (χ3n) is 3.06. The van der Waals surface area contributed by atoms with Gasteiger partial charge in [-0.05, 0) is 31.0 Å². The van der Waals surface area contributed by atoms with Gasteiger partial charge in [0, 0.05) is 19.6 Å². The minimum absolute atomic E-state index is 0.0611. The molecule has 1 aromatic carbocycles. The first-order valence-electron chi connectivity index (χ1n) is 5.70. The molecule has 0 saturated heterocycles. The van der Waals surface area contributed by atoms with E-state index in [1.165, 1.54) is 17.7 Å². The third kappa shape index (κ3) is 2.47. The Morgan fingerprint density at radius 1 is 1.29 bits per heavy atom. The number of halogens is 2. The normalized spacial score (nSPS) is 16.0. The Labute approximate surface area is 99.7 Å². The molecule has 0 bridgehead atoms. The van der Waals surface area contributed by atoms with E-state index in [2.05, 4.69) is 0 Å². The zero-order valence-corrected chi connectivity index (χ0v) is 9.84. The predicted molar refractivity (Wildman–Crippen MR) is 64.8 cm³/mol. The van der Waals surface area contributed by atoms with Crippen LogP contribution in [-0.4, -0.2) is 13.1 Å². The number of anilines is 1. The summed E-state index contributed by atoms with van der Waals surface area (Å²) in [6, 6.07) is 2.62. The number of nitrogens with zero attached hydrogens (tertiary/aromatic N) is 1. The molecular weight excluding hydrogens is 222 g/mol. The van der Waals surface area contributed by atoms with Crippen molar-refractivity contribution in [3.8, 4) is 0 Å². The minimum atomic E-state index is -0.529. The molecule has 1 aliphatic heterocycles. The van der Waals surface area contributed by atoms with Gasteiger partial charge in [-0.25, -0.2) is 8.78 Å². The van der Waals surface area contributed by atoms with Crippen LogP contribution in [0.15, 0.2) is 23.8 Å². The van der Waals surface area contributed by atoms with Crippen LogP contribution in [0.1, 0.15) is 18.9 Å². The van der Waals surface area contributed by atoms with E-state index >= 15 is 0 Å². The molecule has 92 valence electrons. The van der Waals surface area contributed by atoms with Gasteiger partial charge in [0.2, 0.25) is 0 Å². The molecule has 0 atom stereocenters. The molecule has 0 saturated carbocycles. The molecule has 1 heterocycles. The highest BCUT2D eigenvalue weighted by molar-refractivity contribution is 5.52. The summed E-state index contributed by atoms with van der Waals surface area (Å²) < 4.78 is 27.6. The lowest BCUT2D eigenvalue weighted by atomic mass is 10.1. The van der Waals surface area contributed by atoms with Gasteiger partial charge in [-0.3, -0.25) is 0 Å². The Bertz CT molecular complexity index is 432. The lowest BCUT2D eigenvalue weighted by Gasteiger charge is -2.28. The van der Waals surface area contributed by atoms with Crippen molar-refractivity contribution in [2.45, 2.75) is 19.9 Å². The van der Waals surface area contributed by atoms with Crippen LogP contribution in [-0.2, 0) is 6.54 Å². The third-order valence-corrected chi connectivity index (χ3v) is 3.06. The molecule has 2 rings (SSSR count). The summed E-state index contributed by atoms with van der Waals surface area (Å²) in [7, 11) is 0. The lowest BCUT2D eigenvalue weighted by Crippen LogP contribution is -2.30. The molecule has 0 amide bonds. The smallest absolute Gasteiger partial charge is 0.149 e. The summed E-state index contributed by atoms with van der Waals surface area (Å²) in [6.45, 7) is 3.38. The average Bonchev–Trinajstić information content (AvgIpc) is 2.30. The van der Waals surface area contributed by atoms with Crippen molar-refractivity contribution in [1.82, 2.24) is 0 Å². The van der Waals surface area contributed by atoms with Crippen LogP contribution in [0.4, 0.5) is 14.5 Å². The summed E-state index contributed by atoms with van der Waals surface area (Å²) in [4.78, 5) is 1.72. The van der Waals surface area contributed by atoms with Crippen molar-refractivity contribution in [2.75, 3.05) is 18.0 Å². The van der Waals surface area contributed by atoms with Gasteiger partial charge in [-0.1, -0.05) is 11.6 Å². The van der Waals surface area contributed by atoms with Crippen molar-refractivity contribution in [2.24, 2.45) is 5.73 Å². The number of nitrogens with two attached hydrogens (primary N) is 1. The summed E-state index contributed by atoms with van der Waals surface area (Å²) in [6.07, 6.45) is 2.84. The predicted octanol–water partition coefficient (Wildman–Crippen LogP) is 2.58. The van der Waals surface area contributed by atoms with E-state index in [0.717, 1.165) is 6.42 Å². The molecule has 0 fully saturated rings. The van der Waals surface area contributed by atoms with E-state index in [4.69, 9.17) is 5.73 Å². The van der Waals surface area contributed by atoms with Gasteiger partial charge >= 0.3 is 0 Å². The van der Waals surface area contributed by atoms with Gasteiger partial charge in [0.1, 0.15) is 17.3 Å². The summed E-state index contributed by atoms with van der Waals surface area (Å²) in [5.74, 6) is -1.06. The van der Waals surface area contributed by atoms with Gasteiger partial charge in [-0.2, -0.15) is 0 Å². The van der Waals surface area contributed by atoms with E-state index in [-0.39, 0.29) is 12.2 Å². The van der Waals surface area contributed by atoms with Crippen molar-refractivity contribution >= 4 is 5.69 Å². The highest BCUT2D eigenvalue weighted by atomic mass is 19.1. The summed E-state index contributed by atoms with van der Waals surface area (Å²) in [5.41, 5.74) is 7.18. The SMILES string of the molecule is CC1=CCN(c2c(F)cc(CN)cc2F)CC1. The van der Waals surface area contributed by atoms with E-state index in [9.17, 15) is 8.78 Å². The molecule has 1 aliphatic rings. The molecule has 2 nitrogen and oxygen atoms in total. The molecule has 4 heteroatoms. The second kappa shape index (κ2) is 4.84. The van der Waals surface area contributed by atoms with Crippen molar-refractivity contribution in [3.63, 3.8) is 0 Å². The largest absolute Gasteiger partial charge is 0.363 e. The maximum absolute atomic E-state index is 13.8. The van der Waals surface area contributed by atoms with Crippen LogP contribution in [0.3, 0.4) is 0 Å². The molecular formula is C13H16F2N2. The van der Waals surface area contributed by atoms with Crippen LogP contribution in [0, 0.1) is 11.6 Å². The highest BCUT2D eigenvalue weighted by Crippen LogP contribution is 2.27. The lowest BCUT2D eigenvalue weighted by molar-refractivity contribution is 0.568. The molecule has 0 spiro atoms. The fourth-order valence-electron chi connectivity index (χ4n) is 2.01. The molecule has 0 aromatic heterocycles. The second-order valence-corrected chi connectivity index (χ2v) is 4.36. The average molecular weight is 238 g/mol. The Morgan fingerprint density at radius 3 is 2.41 bits per heavy atom. The monoisotopic (exact) mass is 238 g/mol. The van der Waals surface area contributed by atoms with Crippen LogP contribution < -0.4 is 10.6 Å². The molecule has 17 heavy (non-hydrogen) atoms. The van der Waals surface area contributed by atoms with Gasteiger partial charge in [0.15, 0.2) is 0 Å². The van der Waals surface area contributed by atoms with Crippen LogP contribution in [0.5, 0.6) is 0 Å². The van der Waals surface area contributed by atoms with Crippen molar-refractivity contribution in [1.29, 1.82) is 0 Å². The second-order valence-electron chi connectivity index (χ2n) is 4.36. The molecule has 0 radical (unpaired) electrons. The van der Waals surface area contributed by atoms with E-state index in [1.807, 2.05) is 13.0 Å². The quantitative estimate of drug-likeness (QED) is 0.802. The maximum Gasteiger partial charge on any atom is 0.149 e. The maximum atomic E-state index is 13.8. The molecule has 0 unspecified atom stereocenters. The van der Waals surface area contributed by atoms with Crippen LogP contribution >= 0.6 is 0 Å². The standard InChI is InChI=1S/C13H16F2N2/c1-9-2-4-17(5-3-9)13-11(14)6-10(8-16)7-12(13)15/h2,6-7H,3-5,8,16H2,1H3. The van der Waals surface area contributed by atoms with Crippen molar-refractivity contribution in [3.05, 3.63) is 41.0 Å². The molecule has 2 N–H and O–H groups in total. The fraction of sp³-hybridized carbons (Fsp3) is 0.385. The van der Waals surface area contributed by atoms with Crippen molar-refractivity contribution < 1.29 is 8.78 Å². The van der Waals surface area contributed by atoms with Crippen LogP contribution in [0.2, 0.25) is 0 Å². The number of hydrogen-bond acceptors (Lipinski definition) is 2. The summed E-state index contributed by atoms with van der Waals surface area (Å²) >= 11 is 0. The van der Waals surface area contributed by atoms with E-state index in [0.29, 0.717) is 18.7 Å².